The molecule has 0 unspecified atom stereocenters. The highest BCUT2D eigenvalue weighted by atomic mass is 16.4. The van der Waals surface area contributed by atoms with Gasteiger partial charge in [0.2, 0.25) is 5.91 Å². The predicted molar refractivity (Wildman–Crippen MR) is 89.5 cm³/mol. The van der Waals surface area contributed by atoms with Crippen LogP contribution in [0, 0.1) is 0 Å². The monoisotopic (exact) mass is 326 g/mol. The van der Waals surface area contributed by atoms with Crippen molar-refractivity contribution in [1.82, 2.24) is 9.97 Å². The summed E-state index contributed by atoms with van der Waals surface area (Å²) in [6.45, 7) is 0. The molecule has 0 radical (unpaired) electrons. The number of amides is 1. The number of anilines is 1. The van der Waals surface area contributed by atoms with Crippen molar-refractivity contribution in [3.63, 3.8) is 0 Å². The van der Waals surface area contributed by atoms with Gasteiger partial charge in [-0.2, -0.15) is 0 Å². The lowest BCUT2D eigenvalue weighted by molar-refractivity contribution is -0.116. The highest BCUT2D eigenvalue weighted by Gasteiger charge is 2.17. The number of imidazole rings is 1. The Morgan fingerprint density at radius 2 is 2.17 bits per heavy atom. The number of hydrogen-bond acceptors (Lipinski definition) is 4. The number of nitrogens with one attached hydrogen (secondary N) is 2. The lowest BCUT2D eigenvalue weighted by Crippen LogP contribution is -2.12. The topological polar surface area (TPSA) is 121 Å². The summed E-state index contributed by atoms with van der Waals surface area (Å²) in [5.74, 6) is -0.557. The highest BCUT2D eigenvalue weighted by molar-refractivity contribution is 5.97. The number of aromatic carboxylic acids is 1. The third-order valence-electron chi connectivity index (χ3n) is 3.86. The molecule has 0 saturated heterocycles. The van der Waals surface area contributed by atoms with Crippen LogP contribution in [-0.2, 0) is 4.79 Å². The molecule has 3 rings (SSSR count). The van der Waals surface area contributed by atoms with Crippen molar-refractivity contribution >= 4 is 17.6 Å². The van der Waals surface area contributed by atoms with E-state index in [0.717, 1.165) is 0 Å². The maximum atomic E-state index is 12.1. The second kappa shape index (κ2) is 6.67. The largest absolute Gasteiger partial charge is 0.478 e. The number of aromatic amines is 1. The first kappa shape index (κ1) is 15.9. The molecule has 2 bridgehead atoms. The van der Waals surface area contributed by atoms with Gasteiger partial charge in [-0.15, -0.1) is 0 Å². The Morgan fingerprint density at radius 3 is 2.96 bits per heavy atom. The Labute approximate surface area is 138 Å². The van der Waals surface area contributed by atoms with Crippen LogP contribution in [-0.4, -0.2) is 27.0 Å². The molecule has 7 nitrogen and oxygen atoms in total. The van der Waals surface area contributed by atoms with Crippen molar-refractivity contribution < 1.29 is 14.7 Å². The molecular formula is C17H18N4O3. The molecular weight excluding hydrogens is 308 g/mol. The van der Waals surface area contributed by atoms with Gasteiger partial charge in [0.05, 0.1) is 23.0 Å². The number of aromatic nitrogens is 2. The van der Waals surface area contributed by atoms with Gasteiger partial charge >= 0.3 is 5.97 Å². The first-order valence-electron chi connectivity index (χ1n) is 7.68. The van der Waals surface area contributed by atoms with Crippen LogP contribution in [0.3, 0.4) is 0 Å². The molecule has 7 heteroatoms. The van der Waals surface area contributed by atoms with Gasteiger partial charge < -0.3 is 21.1 Å². The molecule has 1 aromatic carbocycles. The molecule has 1 aromatic heterocycles. The Bertz CT molecular complexity index is 810. The van der Waals surface area contributed by atoms with Crippen LogP contribution in [0.4, 0.5) is 5.69 Å². The zero-order valence-electron chi connectivity index (χ0n) is 13.0. The summed E-state index contributed by atoms with van der Waals surface area (Å²) in [5.41, 5.74) is 7.85. The third-order valence-corrected chi connectivity index (χ3v) is 3.86. The van der Waals surface area contributed by atoms with Gasteiger partial charge in [-0.05, 0) is 31.0 Å². The maximum absolute atomic E-state index is 12.1. The minimum atomic E-state index is -1.04. The molecule has 24 heavy (non-hydrogen) atoms. The third kappa shape index (κ3) is 3.36. The van der Waals surface area contributed by atoms with E-state index < -0.39 is 5.97 Å². The van der Waals surface area contributed by atoms with Gasteiger partial charge in [-0.1, -0.05) is 12.2 Å². The van der Waals surface area contributed by atoms with Gasteiger partial charge in [0.1, 0.15) is 5.82 Å². The molecule has 0 aliphatic carbocycles. The molecule has 1 aliphatic heterocycles. The van der Waals surface area contributed by atoms with Crippen molar-refractivity contribution in [2.75, 3.05) is 5.32 Å². The number of nitrogens with zero attached hydrogens (tertiary/aromatic N) is 1. The zero-order chi connectivity index (χ0) is 17.1. The van der Waals surface area contributed by atoms with Crippen LogP contribution in [0.2, 0.25) is 0 Å². The number of fused-ring (bicyclic) bond motifs is 4. The second-order valence-corrected chi connectivity index (χ2v) is 5.64. The van der Waals surface area contributed by atoms with Gasteiger partial charge in [0, 0.05) is 18.2 Å². The van der Waals surface area contributed by atoms with Gasteiger partial charge in [-0.25, -0.2) is 9.78 Å². The van der Waals surface area contributed by atoms with E-state index in [1.807, 2.05) is 12.2 Å². The number of nitrogens with two attached hydrogens (primary N) is 1. The van der Waals surface area contributed by atoms with Crippen LogP contribution in [0.25, 0.3) is 11.3 Å². The summed E-state index contributed by atoms with van der Waals surface area (Å²) < 4.78 is 0. The standard InChI is InChI=1S/C17H18N4O3/c18-12-4-2-1-3-5-15(22)20-13-7-6-10(17(23)24)8-11(13)14-9-19-16(12)21-14/h1-2,6-9,12H,3-5,18H2,(H,19,21)(H,20,22)(H,23,24)/b2-1+/t12-/m0/s1. The van der Waals surface area contributed by atoms with Gasteiger partial charge in [-0.3, -0.25) is 4.79 Å². The minimum Gasteiger partial charge on any atom is -0.478 e. The van der Waals surface area contributed by atoms with Crippen molar-refractivity contribution in [2.45, 2.75) is 25.3 Å². The maximum Gasteiger partial charge on any atom is 0.335 e. The smallest absolute Gasteiger partial charge is 0.335 e. The van der Waals surface area contributed by atoms with E-state index in [-0.39, 0.29) is 17.5 Å². The molecule has 0 fully saturated rings. The van der Waals surface area contributed by atoms with E-state index in [0.29, 0.717) is 42.0 Å². The van der Waals surface area contributed by atoms with E-state index in [1.165, 1.54) is 12.1 Å². The van der Waals surface area contributed by atoms with Crippen LogP contribution in [0.1, 0.15) is 41.5 Å². The molecule has 1 aliphatic rings. The first-order chi connectivity index (χ1) is 11.5. The normalized spacial score (nSPS) is 19.2. The van der Waals surface area contributed by atoms with Crippen molar-refractivity contribution in [1.29, 1.82) is 0 Å². The fourth-order valence-corrected chi connectivity index (χ4v) is 2.56. The summed E-state index contributed by atoms with van der Waals surface area (Å²) in [4.78, 5) is 30.8. The summed E-state index contributed by atoms with van der Waals surface area (Å²) in [7, 11) is 0. The van der Waals surface area contributed by atoms with Crippen LogP contribution in [0.5, 0.6) is 0 Å². The molecule has 0 saturated carbocycles. The van der Waals surface area contributed by atoms with E-state index in [1.54, 1.807) is 12.3 Å². The zero-order valence-corrected chi connectivity index (χ0v) is 13.0. The first-order valence-corrected chi connectivity index (χ1v) is 7.68. The highest BCUT2D eigenvalue weighted by Crippen LogP contribution is 2.29. The van der Waals surface area contributed by atoms with Crippen molar-refractivity contribution in [3.8, 4) is 11.3 Å². The fourth-order valence-electron chi connectivity index (χ4n) is 2.56. The SMILES string of the molecule is N[C@H]1C/C=C/CCC(=O)Nc2ccc(C(=O)O)cc2-c2c[nH]c1n2. The number of benzene rings is 1. The Kier molecular flexibility index (Phi) is 4.43. The molecule has 124 valence electrons. The molecule has 1 amide bonds. The van der Waals surface area contributed by atoms with Gasteiger partial charge in [0.15, 0.2) is 0 Å². The van der Waals surface area contributed by atoms with E-state index in [9.17, 15) is 14.7 Å². The van der Waals surface area contributed by atoms with Crippen LogP contribution < -0.4 is 11.1 Å². The van der Waals surface area contributed by atoms with E-state index in [4.69, 9.17) is 5.73 Å². The summed E-state index contributed by atoms with van der Waals surface area (Å²) >= 11 is 0. The summed E-state index contributed by atoms with van der Waals surface area (Å²) in [6, 6.07) is 4.26. The number of allylic oxidation sites excluding steroid dienone is 1. The number of rotatable bonds is 1. The molecule has 1 atom stereocenters. The Balaban J connectivity index is 2.09. The molecule has 0 spiro atoms. The number of carboxylic acids is 1. The number of hydrogen-bond donors (Lipinski definition) is 4. The Morgan fingerprint density at radius 1 is 1.33 bits per heavy atom. The van der Waals surface area contributed by atoms with Gasteiger partial charge in [0.25, 0.3) is 0 Å². The van der Waals surface area contributed by atoms with Crippen molar-refractivity contribution in [2.24, 2.45) is 5.73 Å². The molecule has 5 N–H and O–H groups in total. The molecule has 2 heterocycles. The van der Waals surface area contributed by atoms with Crippen LogP contribution in [0.15, 0.2) is 36.5 Å². The second-order valence-electron chi connectivity index (χ2n) is 5.64. The van der Waals surface area contributed by atoms with E-state index >= 15 is 0 Å². The summed E-state index contributed by atoms with van der Waals surface area (Å²) in [5, 5.41) is 12.0. The quantitative estimate of drug-likeness (QED) is 0.600. The number of H-pyrrole nitrogens is 1. The summed E-state index contributed by atoms with van der Waals surface area (Å²) in [6.07, 6.45) is 7.10. The minimum absolute atomic E-state index is 0.128. The van der Waals surface area contributed by atoms with E-state index in [2.05, 4.69) is 15.3 Å². The Hall–Kier alpha value is -2.93. The number of carbonyl (C=O) groups excluding carboxylic acids is 1. The average molecular weight is 326 g/mol. The lowest BCUT2D eigenvalue weighted by Gasteiger charge is -2.10. The predicted octanol–water partition coefficient (Wildman–Crippen LogP) is 2.45. The average Bonchev–Trinajstić information content (AvgIpc) is 3.04. The molecule has 2 aromatic rings. The fraction of sp³-hybridized carbons (Fsp3) is 0.235. The van der Waals surface area contributed by atoms with Crippen molar-refractivity contribution in [3.05, 3.63) is 47.9 Å². The number of carboxylic acid groups (broad SMARTS) is 1. The number of carbonyl (C=O) groups is 2. The lowest BCUT2D eigenvalue weighted by atomic mass is 10.1. The van der Waals surface area contributed by atoms with Crippen LogP contribution >= 0.6 is 0 Å².